The van der Waals surface area contributed by atoms with Crippen molar-refractivity contribution in [3.8, 4) is 0 Å². The Morgan fingerprint density at radius 3 is 1.27 bits per heavy atom. The monoisotopic (exact) mass is 726 g/mol. The van der Waals surface area contributed by atoms with E-state index in [-0.39, 0.29) is 41.6 Å². The van der Waals surface area contributed by atoms with Crippen molar-refractivity contribution in [3.63, 3.8) is 0 Å². The number of hydrogen-bond acceptors (Lipinski definition) is 2. The number of amides is 1. The van der Waals surface area contributed by atoms with Crippen molar-refractivity contribution in [1.29, 1.82) is 0 Å². The number of nitrogens with one attached hydrogen (secondary N) is 1. The first kappa shape index (κ1) is 39.2. The highest BCUT2D eigenvalue weighted by Crippen LogP contribution is 2.33. The number of carbonyl (C=O) groups is 1. The molecule has 0 aliphatic carbocycles. The summed E-state index contributed by atoms with van der Waals surface area (Å²) < 4.78 is 0. The second kappa shape index (κ2) is 17.8. The van der Waals surface area contributed by atoms with Crippen LogP contribution in [0.3, 0.4) is 0 Å². The van der Waals surface area contributed by atoms with E-state index in [1.54, 1.807) is 0 Å². The van der Waals surface area contributed by atoms with E-state index < -0.39 is 5.54 Å². The zero-order valence-corrected chi connectivity index (χ0v) is 30.4. The third kappa shape index (κ3) is 12.6. The lowest BCUT2D eigenvalue weighted by Gasteiger charge is -2.36. The number of hydrogen-bond donors (Lipinski definition) is 2. The van der Waals surface area contributed by atoms with E-state index in [1.165, 1.54) is 11.1 Å². The normalized spacial score (nSPS) is 12.7. The molecule has 4 rings (SSSR count). The number of halogens is 6. The smallest absolute Gasteiger partial charge is 0.235 e. The molecule has 2 unspecified atom stereocenters. The number of benzene rings is 4. The summed E-state index contributed by atoms with van der Waals surface area (Å²) in [4.78, 5) is 11.8. The highest BCUT2D eigenvalue weighted by atomic mass is 35.5. The van der Waals surface area contributed by atoms with E-state index in [0.717, 1.165) is 34.0 Å². The number of rotatable bonds is 10. The Kier molecular flexibility index (Phi) is 15.5. The lowest BCUT2D eigenvalue weighted by atomic mass is 9.78. The van der Waals surface area contributed by atoms with Gasteiger partial charge in [-0.15, -0.1) is 24.0 Å². The van der Waals surface area contributed by atoms with Crippen LogP contribution in [-0.4, -0.2) is 22.9 Å². The van der Waals surface area contributed by atoms with Gasteiger partial charge in [0, 0.05) is 43.0 Å². The summed E-state index contributed by atoms with van der Waals surface area (Å²) in [6, 6.07) is 31.4. The van der Waals surface area contributed by atoms with Gasteiger partial charge in [-0.25, -0.2) is 0 Å². The van der Waals surface area contributed by atoms with Crippen LogP contribution in [0.25, 0.3) is 0 Å². The first-order chi connectivity index (χ1) is 20.7. The van der Waals surface area contributed by atoms with Gasteiger partial charge in [-0.3, -0.25) is 4.79 Å². The van der Waals surface area contributed by atoms with Gasteiger partial charge in [-0.05, 0) is 111 Å². The molecule has 0 bridgehead atoms. The maximum absolute atomic E-state index is 11.8. The van der Waals surface area contributed by atoms with Crippen LogP contribution in [0.1, 0.15) is 61.8 Å². The summed E-state index contributed by atoms with van der Waals surface area (Å²) in [6.07, 6.45) is 1.64. The molecule has 3 N–H and O–H groups in total. The van der Waals surface area contributed by atoms with Crippen molar-refractivity contribution >= 4 is 76.3 Å². The molecule has 0 fully saturated rings. The second-order valence-electron chi connectivity index (χ2n) is 12.1. The molecule has 1 amide bonds. The van der Waals surface area contributed by atoms with Crippen molar-refractivity contribution in [1.82, 2.24) is 5.32 Å². The standard InChI is InChI=1S/C19H20Cl3NO.C17H19Cl2N.ClH/c1-19(2,23-18(24)12-20)17(14-5-9-16(22)10-6-14)11-13-3-7-15(21)8-4-13;1-17(2,20)16(13-5-9-15(19)10-6-13)11-12-3-7-14(18)8-4-12;/h3-10,17H,11-12H2,1-2H3,(H,23,24);3-10,16H,11,20H2,1-2H3;1H. The highest BCUT2D eigenvalue weighted by molar-refractivity contribution is 6.31. The topological polar surface area (TPSA) is 55.1 Å². The van der Waals surface area contributed by atoms with Crippen molar-refractivity contribution in [3.05, 3.63) is 139 Å². The molecule has 0 saturated heterocycles. The van der Waals surface area contributed by atoms with Crippen molar-refractivity contribution in [2.24, 2.45) is 5.73 Å². The highest BCUT2D eigenvalue weighted by Gasteiger charge is 2.32. The number of alkyl halides is 1. The van der Waals surface area contributed by atoms with Crippen LogP contribution in [-0.2, 0) is 17.6 Å². The Morgan fingerprint density at radius 1 is 0.622 bits per heavy atom. The molecule has 4 aromatic carbocycles. The van der Waals surface area contributed by atoms with Crippen LogP contribution in [0, 0.1) is 0 Å². The van der Waals surface area contributed by atoms with Gasteiger partial charge in [0.2, 0.25) is 5.91 Å². The molecule has 0 spiro atoms. The molecular formula is C36H40Cl6N2O. The summed E-state index contributed by atoms with van der Waals surface area (Å²) in [5.41, 5.74) is 10.3. The van der Waals surface area contributed by atoms with Gasteiger partial charge in [0.05, 0.1) is 0 Å². The third-order valence-electron chi connectivity index (χ3n) is 7.60. The minimum atomic E-state index is -0.473. The fourth-order valence-electron chi connectivity index (χ4n) is 5.18. The summed E-state index contributed by atoms with van der Waals surface area (Å²) in [5.74, 6) is 0.0401. The quantitative estimate of drug-likeness (QED) is 0.160. The van der Waals surface area contributed by atoms with Crippen LogP contribution in [0.15, 0.2) is 97.1 Å². The Morgan fingerprint density at radius 2 is 0.933 bits per heavy atom. The maximum Gasteiger partial charge on any atom is 0.235 e. The van der Waals surface area contributed by atoms with E-state index in [0.29, 0.717) is 10.0 Å². The van der Waals surface area contributed by atoms with E-state index in [4.69, 9.17) is 63.7 Å². The lowest BCUT2D eigenvalue weighted by molar-refractivity contribution is -0.120. The predicted octanol–water partition coefficient (Wildman–Crippen LogP) is 10.9. The Labute approximate surface area is 299 Å². The molecule has 242 valence electrons. The maximum atomic E-state index is 11.8. The van der Waals surface area contributed by atoms with Crippen molar-refractivity contribution in [2.75, 3.05) is 5.88 Å². The van der Waals surface area contributed by atoms with E-state index in [1.807, 2.05) is 86.6 Å². The third-order valence-corrected chi connectivity index (χ3v) is 8.85. The van der Waals surface area contributed by atoms with Crippen molar-refractivity contribution in [2.45, 2.75) is 63.5 Å². The van der Waals surface area contributed by atoms with Crippen LogP contribution in [0.4, 0.5) is 0 Å². The minimum Gasteiger partial charge on any atom is -0.350 e. The molecule has 0 aliphatic rings. The van der Waals surface area contributed by atoms with Gasteiger partial charge in [0.15, 0.2) is 0 Å². The largest absolute Gasteiger partial charge is 0.350 e. The number of carbonyl (C=O) groups excluding carboxylic acids is 1. The summed E-state index contributed by atoms with van der Waals surface area (Å²) in [6.45, 7) is 8.13. The van der Waals surface area contributed by atoms with Gasteiger partial charge in [0.1, 0.15) is 5.88 Å². The summed E-state index contributed by atoms with van der Waals surface area (Å²) in [7, 11) is 0. The van der Waals surface area contributed by atoms with E-state index in [9.17, 15) is 4.79 Å². The van der Waals surface area contributed by atoms with Crippen LogP contribution in [0.2, 0.25) is 20.1 Å². The Balaban J connectivity index is 0.000000311. The fraction of sp³-hybridized carbons (Fsp3) is 0.306. The molecule has 0 heterocycles. The van der Waals surface area contributed by atoms with Crippen molar-refractivity contribution < 1.29 is 4.79 Å². The van der Waals surface area contributed by atoms with Crippen LogP contribution >= 0.6 is 70.4 Å². The van der Waals surface area contributed by atoms with Gasteiger partial charge in [-0.1, -0.05) is 94.9 Å². The molecule has 2 atom stereocenters. The summed E-state index contributed by atoms with van der Waals surface area (Å²) >= 11 is 29.5. The molecule has 0 radical (unpaired) electrons. The molecular weight excluding hydrogens is 689 g/mol. The van der Waals surface area contributed by atoms with E-state index >= 15 is 0 Å². The van der Waals surface area contributed by atoms with E-state index in [2.05, 4.69) is 43.4 Å². The Hall–Kier alpha value is -1.95. The molecule has 0 aliphatic heterocycles. The number of nitrogens with two attached hydrogens (primary N) is 1. The second-order valence-corrected chi connectivity index (χ2v) is 14.1. The molecule has 3 nitrogen and oxygen atoms in total. The zero-order chi connectivity index (χ0) is 32.5. The van der Waals surface area contributed by atoms with Gasteiger partial charge < -0.3 is 11.1 Å². The van der Waals surface area contributed by atoms with Gasteiger partial charge in [-0.2, -0.15) is 0 Å². The first-order valence-corrected chi connectivity index (χ1v) is 16.4. The first-order valence-electron chi connectivity index (χ1n) is 14.3. The molecule has 45 heavy (non-hydrogen) atoms. The Bertz CT molecular complexity index is 1470. The summed E-state index contributed by atoms with van der Waals surface area (Å²) in [5, 5.41) is 5.91. The zero-order valence-electron chi connectivity index (χ0n) is 25.8. The van der Waals surface area contributed by atoms with Crippen LogP contribution in [0.5, 0.6) is 0 Å². The SMILES string of the molecule is CC(C)(N)C(Cc1ccc(Cl)cc1)c1ccc(Cl)cc1.CC(C)(NC(=O)CCl)C(Cc1ccc(Cl)cc1)c1ccc(Cl)cc1.Cl. The molecule has 0 saturated carbocycles. The van der Waals surface area contributed by atoms with Crippen LogP contribution < -0.4 is 11.1 Å². The predicted molar refractivity (Wildman–Crippen MR) is 197 cm³/mol. The lowest BCUT2D eigenvalue weighted by Crippen LogP contribution is -2.49. The molecule has 9 heteroatoms. The molecule has 4 aromatic rings. The fourth-order valence-corrected chi connectivity index (χ4v) is 5.75. The van der Waals surface area contributed by atoms with Gasteiger partial charge >= 0.3 is 0 Å². The average Bonchev–Trinajstić information content (AvgIpc) is 2.97. The van der Waals surface area contributed by atoms with Gasteiger partial charge in [0.25, 0.3) is 0 Å². The minimum absolute atomic E-state index is 0. The average molecular weight is 729 g/mol. The molecule has 0 aromatic heterocycles.